The maximum absolute atomic E-state index is 12.8. The van der Waals surface area contributed by atoms with Gasteiger partial charge in [0.15, 0.2) is 0 Å². The van der Waals surface area contributed by atoms with Gasteiger partial charge in [-0.2, -0.15) is 0 Å². The van der Waals surface area contributed by atoms with Gasteiger partial charge in [-0.05, 0) is 67.7 Å². The first-order chi connectivity index (χ1) is 10.00. The molecule has 0 amide bonds. The maximum atomic E-state index is 12.8. The van der Waals surface area contributed by atoms with Crippen LogP contribution in [0.4, 0.5) is 0 Å². The lowest BCUT2D eigenvalue weighted by Gasteiger charge is -2.56. The molecule has 0 radical (unpaired) electrons. The van der Waals surface area contributed by atoms with E-state index in [2.05, 4.69) is 4.72 Å². The van der Waals surface area contributed by atoms with E-state index >= 15 is 0 Å². The second-order valence-corrected chi connectivity index (χ2v) is 9.87. The summed E-state index contributed by atoms with van der Waals surface area (Å²) in [6.07, 6.45) is 7.02. The van der Waals surface area contributed by atoms with Gasteiger partial charge in [0.25, 0.3) is 0 Å². The van der Waals surface area contributed by atoms with Gasteiger partial charge < -0.3 is 5.73 Å². The molecule has 4 aliphatic carbocycles. The van der Waals surface area contributed by atoms with Crippen molar-refractivity contribution in [3.05, 3.63) is 16.3 Å². The highest BCUT2D eigenvalue weighted by molar-refractivity contribution is 7.89. The predicted molar refractivity (Wildman–Crippen MR) is 83.4 cm³/mol. The Balaban J connectivity index is 1.63. The summed E-state index contributed by atoms with van der Waals surface area (Å²) in [5.41, 5.74) is 5.49. The van der Waals surface area contributed by atoms with Crippen LogP contribution in [-0.2, 0) is 16.6 Å². The van der Waals surface area contributed by atoms with Crippen LogP contribution in [0.25, 0.3) is 0 Å². The van der Waals surface area contributed by atoms with E-state index in [9.17, 15) is 8.42 Å². The van der Waals surface area contributed by atoms with Gasteiger partial charge in [0.2, 0.25) is 10.0 Å². The summed E-state index contributed by atoms with van der Waals surface area (Å²) in [7, 11) is -3.44. The third kappa shape index (κ3) is 2.36. The van der Waals surface area contributed by atoms with Crippen LogP contribution in [0.15, 0.2) is 16.3 Å². The Kier molecular flexibility index (Phi) is 3.23. The zero-order valence-corrected chi connectivity index (χ0v) is 13.7. The van der Waals surface area contributed by atoms with Gasteiger partial charge in [-0.25, -0.2) is 13.1 Å². The molecular formula is C15H22N2O2S2. The minimum atomic E-state index is -3.44. The summed E-state index contributed by atoms with van der Waals surface area (Å²) in [6.45, 7) is 0.286. The van der Waals surface area contributed by atoms with E-state index < -0.39 is 10.0 Å². The average molecular weight is 326 g/mol. The molecular weight excluding hydrogens is 304 g/mol. The van der Waals surface area contributed by atoms with Crippen molar-refractivity contribution in [2.75, 3.05) is 0 Å². The average Bonchev–Trinajstić information content (AvgIpc) is 2.84. The minimum absolute atomic E-state index is 0.179. The number of nitrogens with two attached hydrogens (primary N) is 1. The summed E-state index contributed by atoms with van der Waals surface area (Å²) in [5.74, 6) is 2.20. The normalized spacial score (nSPS) is 38.0. The van der Waals surface area contributed by atoms with E-state index in [0.717, 1.165) is 41.9 Å². The Morgan fingerprint density at radius 1 is 1.19 bits per heavy atom. The fourth-order valence-corrected chi connectivity index (χ4v) is 8.06. The molecule has 0 aliphatic heterocycles. The highest BCUT2D eigenvalue weighted by atomic mass is 32.2. The summed E-state index contributed by atoms with van der Waals surface area (Å²) in [6, 6.07) is 1.69. The van der Waals surface area contributed by atoms with Crippen molar-refractivity contribution < 1.29 is 8.42 Å². The van der Waals surface area contributed by atoms with Crippen molar-refractivity contribution in [3.63, 3.8) is 0 Å². The van der Waals surface area contributed by atoms with Crippen molar-refractivity contribution in [1.29, 1.82) is 0 Å². The number of rotatable bonds is 4. The molecule has 3 N–H and O–H groups in total. The summed E-state index contributed by atoms with van der Waals surface area (Å²) < 4.78 is 28.7. The molecule has 1 aromatic rings. The maximum Gasteiger partial charge on any atom is 0.242 e. The highest BCUT2D eigenvalue weighted by Crippen LogP contribution is 2.56. The van der Waals surface area contributed by atoms with E-state index in [4.69, 9.17) is 5.73 Å². The number of nitrogens with one attached hydrogen (secondary N) is 1. The molecule has 0 aromatic carbocycles. The van der Waals surface area contributed by atoms with Gasteiger partial charge >= 0.3 is 0 Å². The molecule has 4 nitrogen and oxygen atoms in total. The van der Waals surface area contributed by atoms with Gasteiger partial charge in [0.1, 0.15) is 0 Å². The fourth-order valence-electron chi connectivity index (χ4n) is 5.29. The first-order valence-corrected chi connectivity index (χ1v) is 10.2. The monoisotopic (exact) mass is 326 g/mol. The van der Waals surface area contributed by atoms with Crippen LogP contribution in [-0.4, -0.2) is 14.0 Å². The van der Waals surface area contributed by atoms with Gasteiger partial charge in [-0.3, -0.25) is 0 Å². The van der Waals surface area contributed by atoms with E-state index in [1.54, 1.807) is 6.07 Å². The topological polar surface area (TPSA) is 72.2 Å². The second-order valence-electron chi connectivity index (χ2n) is 7.22. The quantitative estimate of drug-likeness (QED) is 0.893. The van der Waals surface area contributed by atoms with E-state index in [1.165, 1.54) is 30.6 Å². The Labute approximate surface area is 130 Å². The predicted octanol–water partition coefficient (Wildman–Crippen LogP) is 2.45. The molecule has 4 saturated carbocycles. The van der Waals surface area contributed by atoms with Crippen LogP contribution >= 0.6 is 11.3 Å². The SMILES string of the molecule is NCc1sccc1S(=O)(=O)NC12CC3CC(CC(C3)C1)C2. The molecule has 0 unspecified atom stereocenters. The molecule has 5 rings (SSSR count). The molecule has 4 bridgehead atoms. The zero-order valence-electron chi connectivity index (χ0n) is 12.0. The molecule has 21 heavy (non-hydrogen) atoms. The minimum Gasteiger partial charge on any atom is -0.326 e. The summed E-state index contributed by atoms with van der Waals surface area (Å²) >= 11 is 1.42. The molecule has 4 aliphatic rings. The zero-order chi connectivity index (χ0) is 14.7. The molecule has 0 spiro atoms. The lowest BCUT2D eigenvalue weighted by molar-refractivity contribution is -0.00810. The lowest BCUT2D eigenvalue weighted by Crippen LogP contribution is -2.59. The van der Waals surface area contributed by atoms with Crippen molar-refractivity contribution in [3.8, 4) is 0 Å². The van der Waals surface area contributed by atoms with Gasteiger partial charge in [-0.15, -0.1) is 11.3 Å². The van der Waals surface area contributed by atoms with Gasteiger partial charge in [-0.1, -0.05) is 0 Å². The third-order valence-electron chi connectivity index (χ3n) is 5.57. The van der Waals surface area contributed by atoms with Gasteiger partial charge in [0.05, 0.1) is 4.90 Å². The van der Waals surface area contributed by atoms with Crippen molar-refractivity contribution >= 4 is 21.4 Å². The van der Waals surface area contributed by atoms with Gasteiger partial charge in [0, 0.05) is 17.0 Å². The van der Waals surface area contributed by atoms with Crippen LogP contribution in [0.2, 0.25) is 0 Å². The van der Waals surface area contributed by atoms with Crippen molar-refractivity contribution in [2.24, 2.45) is 23.5 Å². The molecule has 116 valence electrons. The standard InChI is InChI=1S/C15H22N2O2S2/c16-9-13-14(1-2-20-13)21(18,19)17-15-6-10-3-11(7-15)5-12(4-10)8-15/h1-2,10-12,17H,3-9,16H2. The lowest BCUT2D eigenvalue weighted by atomic mass is 9.53. The number of hydrogen-bond acceptors (Lipinski definition) is 4. The Bertz CT molecular complexity index is 615. The number of thiophene rings is 1. The van der Waals surface area contributed by atoms with Crippen molar-refractivity contribution in [2.45, 2.75) is 55.5 Å². The van der Waals surface area contributed by atoms with E-state index in [0.29, 0.717) is 4.90 Å². The van der Waals surface area contributed by atoms with E-state index in [1.807, 2.05) is 5.38 Å². The second kappa shape index (κ2) is 4.78. The van der Waals surface area contributed by atoms with Crippen molar-refractivity contribution in [1.82, 2.24) is 4.72 Å². The highest BCUT2D eigenvalue weighted by Gasteiger charge is 2.52. The van der Waals surface area contributed by atoms with Crippen LogP contribution < -0.4 is 10.5 Å². The Hall–Kier alpha value is -0.430. The van der Waals surface area contributed by atoms with Crippen LogP contribution in [0.3, 0.4) is 0 Å². The van der Waals surface area contributed by atoms with Crippen LogP contribution in [0, 0.1) is 17.8 Å². The number of sulfonamides is 1. The van der Waals surface area contributed by atoms with Crippen LogP contribution in [0.5, 0.6) is 0 Å². The molecule has 0 atom stereocenters. The molecule has 1 aromatic heterocycles. The smallest absolute Gasteiger partial charge is 0.242 e. The Morgan fingerprint density at radius 3 is 2.29 bits per heavy atom. The summed E-state index contributed by atoms with van der Waals surface area (Å²) in [5, 5.41) is 1.82. The molecule has 4 fully saturated rings. The third-order valence-corrected chi connectivity index (χ3v) is 8.30. The first kappa shape index (κ1) is 14.2. The Morgan fingerprint density at radius 2 is 1.76 bits per heavy atom. The van der Waals surface area contributed by atoms with Crippen LogP contribution in [0.1, 0.15) is 43.4 Å². The molecule has 0 saturated heterocycles. The first-order valence-electron chi connectivity index (χ1n) is 7.80. The van der Waals surface area contributed by atoms with E-state index in [-0.39, 0.29) is 12.1 Å². The molecule has 1 heterocycles. The largest absolute Gasteiger partial charge is 0.326 e. The summed E-state index contributed by atoms with van der Waals surface area (Å²) in [4.78, 5) is 1.15. The number of hydrogen-bond donors (Lipinski definition) is 2. The molecule has 6 heteroatoms. The fraction of sp³-hybridized carbons (Fsp3) is 0.733.